The first-order valence-corrected chi connectivity index (χ1v) is 5.65. The number of hydrogen-bond acceptors (Lipinski definition) is 5. The molecule has 0 bridgehead atoms. The van der Waals surface area contributed by atoms with Crippen LogP contribution in [0.15, 0.2) is 23.0 Å². The molecule has 3 N–H and O–H groups in total. The average molecular weight is 237 g/mol. The van der Waals surface area contributed by atoms with Gasteiger partial charge in [-0.05, 0) is 19.9 Å². The predicted octanol–water partition coefficient (Wildman–Crippen LogP) is 1.98. The van der Waals surface area contributed by atoms with Gasteiger partial charge in [0.1, 0.15) is 0 Å². The van der Waals surface area contributed by atoms with Crippen molar-refractivity contribution in [3.05, 3.63) is 27.7 Å². The van der Waals surface area contributed by atoms with Gasteiger partial charge in [-0.2, -0.15) is 0 Å². The third-order valence-electron chi connectivity index (χ3n) is 2.05. The lowest BCUT2D eigenvalue weighted by Crippen LogP contribution is -2.08. The van der Waals surface area contributed by atoms with Crippen molar-refractivity contribution in [2.45, 2.75) is 13.8 Å². The van der Waals surface area contributed by atoms with E-state index in [0.29, 0.717) is 0 Å². The van der Waals surface area contributed by atoms with Crippen LogP contribution in [0, 0.1) is 6.92 Å². The fourth-order valence-corrected chi connectivity index (χ4v) is 1.96. The van der Waals surface area contributed by atoms with Crippen LogP contribution in [0.1, 0.15) is 21.5 Å². The number of aliphatic imine (C=N–C) groups is 1. The van der Waals surface area contributed by atoms with Crippen molar-refractivity contribution in [2.75, 3.05) is 7.05 Å². The summed E-state index contributed by atoms with van der Waals surface area (Å²) < 4.78 is 0. The number of nitrogens with one attached hydrogen (secondary N) is 1. The van der Waals surface area contributed by atoms with E-state index in [4.69, 9.17) is 5.73 Å². The molecule has 4 nitrogen and oxygen atoms in total. The zero-order valence-corrected chi connectivity index (χ0v) is 10.4. The van der Waals surface area contributed by atoms with E-state index in [1.807, 2.05) is 6.92 Å². The zero-order chi connectivity index (χ0) is 12.1. The minimum atomic E-state index is 0.0674. The largest absolute Gasteiger partial charge is 0.403 e. The van der Waals surface area contributed by atoms with Crippen LogP contribution in [0.2, 0.25) is 0 Å². The van der Waals surface area contributed by atoms with E-state index in [1.54, 1.807) is 26.3 Å². The first-order valence-electron chi connectivity index (χ1n) is 4.83. The molecule has 86 valence electrons. The summed E-state index contributed by atoms with van der Waals surface area (Å²) >= 11 is 1.45. The number of Topliss-reactive ketones (excluding diaryl/α,β-unsaturated/α-hetero) is 1. The fraction of sp³-hybridized carbons (Fsp3) is 0.273. The molecule has 0 saturated carbocycles. The Morgan fingerprint density at radius 3 is 2.75 bits per heavy atom. The van der Waals surface area contributed by atoms with E-state index in [2.05, 4.69) is 10.3 Å². The van der Waals surface area contributed by atoms with Crippen LogP contribution in [0.4, 0.5) is 5.69 Å². The van der Waals surface area contributed by atoms with E-state index >= 15 is 0 Å². The highest BCUT2D eigenvalue weighted by Gasteiger charge is 2.07. The van der Waals surface area contributed by atoms with Gasteiger partial charge >= 0.3 is 0 Å². The van der Waals surface area contributed by atoms with E-state index < -0.39 is 0 Å². The van der Waals surface area contributed by atoms with Gasteiger partial charge in [-0.3, -0.25) is 9.79 Å². The van der Waals surface area contributed by atoms with Crippen LogP contribution in [-0.2, 0) is 0 Å². The Hall–Kier alpha value is -1.62. The second kappa shape index (κ2) is 5.46. The molecule has 16 heavy (non-hydrogen) atoms. The Kier molecular flexibility index (Phi) is 4.25. The lowest BCUT2D eigenvalue weighted by Gasteiger charge is -1.96. The summed E-state index contributed by atoms with van der Waals surface area (Å²) in [5.41, 5.74) is 6.91. The van der Waals surface area contributed by atoms with Crippen LogP contribution in [0.25, 0.3) is 0 Å². The number of carbonyl (C=O) groups excluding carboxylic acids is 1. The zero-order valence-electron chi connectivity index (χ0n) is 9.57. The van der Waals surface area contributed by atoms with Crippen LogP contribution in [0.5, 0.6) is 0 Å². The molecule has 0 saturated heterocycles. The van der Waals surface area contributed by atoms with Crippen molar-refractivity contribution >= 4 is 29.0 Å². The lowest BCUT2D eigenvalue weighted by molar-refractivity contribution is 0.102. The summed E-state index contributed by atoms with van der Waals surface area (Å²) in [5.74, 6) is 0.0674. The van der Waals surface area contributed by atoms with Gasteiger partial charge in [0.15, 0.2) is 5.78 Å². The molecular weight excluding hydrogens is 222 g/mol. The van der Waals surface area contributed by atoms with Crippen molar-refractivity contribution in [3.63, 3.8) is 0 Å². The van der Waals surface area contributed by atoms with Crippen molar-refractivity contribution in [1.82, 2.24) is 5.32 Å². The molecular formula is C11H15N3OS. The number of nitrogens with zero attached hydrogens (tertiary/aromatic N) is 1. The first kappa shape index (κ1) is 12.4. The highest BCUT2D eigenvalue weighted by Crippen LogP contribution is 2.28. The Morgan fingerprint density at radius 1 is 1.62 bits per heavy atom. The molecule has 5 heteroatoms. The maximum absolute atomic E-state index is 11.2. The van der Waals surface area contributed by atoms with Crippen LogP contribution >= 0.6 is 11.3 Å². The normalized spacial score (nSPS) is 12.1. The smallest absolute Gasteiger partial charge is 0.169 e. The second-order valence-electron chi connectivity index (χ2n) is 3.24. The third kappa shape index (κ3) is 2.93. The van der Waals surface area contributed by atoms with Crippen LogP contribution < -0.4 is 11.1 Å². The number of ketones is 1. The summed E-state index contributed by atoms with van der Waals surface area (Å²) in [4.78, 5) is 17.2. The topological polar surface area (TPSA) is 67.5 Å². The van der Waals surface area contributed by atoms with Gasteiger partial charge in [0.05, 0.1) is 22.5 Å². The highest BCUT2D eigenvalue weighted by atomic mass is 32.1. The minimum absolute atomic E-state index is 0.0674. The minimum Gasteiger partial charge on any atom is -0.403 e. The molecule has 0 atom stereocenters. The second-order valence-corrected chi connectivity index (χ2v) is 4.49. The highest BCUT2D eigenvalue weighted by molar-refractivity contribution is 7.14. The number of nitrogens with two attached hydrogens (primary N) is 1. The molecule has 0 aliphatic rings. The molecule has 0 unspecified atom stereocenters. The molecule has 1 heterocycles. The summed E-state index contributed by atoms with van der Waals surface area (Å²) in [7, 11) is 1.77. The molecule has 1 aromatic heterocycles. The van der Waals surface area contributed by atoms with Gasteiger partial charge in [-0.1, -0.05) is 0 Å². The van der Waals surface area contributed by atoms with Crippen molar-refractivity contribution in [1.29, 1.82) is 0 Å². The molecule has 1 aromatic rings. The molecule has 0 aliphatic carbocycles. The lowest BCUT2D eigenvalue weighted by atomic mass is 10.3. The van der Waals surface area contributed by atoms with Gasteiger partial charge in [-0.15, -0.1) is 11.3 Å². The molecule has 0 fully saturated rings. The number of aryl methyl sites for hydroxylation is 1. The summed E-state index contributed by atoms with van der Waals surface area (Å²) in [6, 6.07) is 1.79. The van der Waals surface area contributed by atoms with Crippen molar-refractivity contribution in [2.24, 2.45) is 10.7 Å². The van der Waals surface area contributed by atoms with Crippen molar-refractivity contribution in [3.8, 4) is 0 Å². The molecule has 0 spiro atoms. The maximum Gasteiger partial charge on any atom is 0.169 e. The van der Waals surface area contributed by atoms with E-state index in [0.717, 1.165) is 21.1 Å². The predicted molar refractivity (Wildman–Crippen MR) is 68.5 cm³/mol. The maximum atomic E-state index is 11.2. The first-order chi connectivity index (χ1) is 7.58. The third-order valence-corrected chi connectivity index (χ3v) is 3.19. The molecule has 0 aliphatic heterocycles. The number of allylic oxidation sites excluding steroid dienone is 1. The van der Waals surface area contributed by atoms with E-state index in [9.17, 15) is 4.79 Å². The molecule has 0 amide bonds. The van der Waals surface area contributed by atoms with Gasteiger partial charge in [0.25, 0.3) is 0 Å². The summed E-state index contributed by atoms with van der Waals surface area (Å²) in [5, 5.41) is 2.89. The van der Waals surface area contributed by atoms with E-state index in [-0.39, 0.29) is 5.78 Å². The molecule has 0 radical (unpaired) electrons. The van der Waals surface area contributed by atoms with Gasteiger partial charge < -0.3 is 11.1 Å². The Morgan fingerprint density at radius 2 is 2.31 bits per heavy atom. The van der Waals surface area contributed by atoms with Crippen molar-refractivity contribution < 1.29 is 4.79 Å². The monoisotopic (exact) mass is 237 g/mol. The van der Waals surface area contributed by atoms with E-state index in [1.165, 1.54) is 17.5 Å². The SMILES string of the molecule is CN/C(C=Nc1cc(C(C)=O)sc1C)=C/N. The average Bonchev–Trinajstić information content (AvgIpc) is 2.62. The Balaban J connectivity index is 2.93. The summed E-state index contributed by atoms with van der Waals surface area (Å²) in [6.45, 7) is 3.49. The summed E-state index contributed by atoms with van der Waals surface area (Å²) in [6.07, 6.45) is 3.08. The Bertz CT molecular complexity index is 446. The quantitative estimate of drug-likeness (QED) is 0.621. The van der Waals surface area contributed by atoms with Gasteiger partial charge in [0, 0.05) is 18.1 Å². The van der Waals surface area contributed by atoms with Crippen LogP contribution in [0.3, 0.4) is 0 Å². The number of carbonyl (C=O) groups is 1. The number of hydrogen-bond donors (Lipinski definition) is 2. The standard InChI is InChI=1S/C11H15N3OS/c1-7(15)11-4-10(8(2)16-11)14-6-9(5-12)13-3/h4-6,13H,12H2,1-3H3/b9-5+,14-6?. The van der Waals surface area contributed by atoms with Gasteiger partial charge in [-0.25, -0.2) is 0 Å². The van der Waals surface area contributed by atoms with Gasteiger partial charge in [0.2, 0.25) is 0 Å². The molecule has 1 rings (SSSR count). The number of rotatable bonds is 4. The number of thiophene rings is 1. The Labute approximate surface area is 98.9 Å². The molecule has 0 aromatic carbocycles. The fourth-order valence-electron chi connectivity index (χ4n) is 1.10. The van der Waals surface area contributed by atoms with Crippen LogP contribution in [-0.4, -0.2) is 19.0 Å².